The highest BCUT2D eigenvalue weighted by Gasteiger charge is 2.16. The highest BCUT2D eigenvalue weighted by atomic mass is 32.1. The van der Waals surface area contributed by atoms with Gasteiger partial charge in [0.2, 0.25) is 0 Å². The molecular formula is C16H22N4S. The summed E-state index contributed by atoms with van der Waals surface area (Å²) in [6, 6.07) is 8.81. The van der Waals surface area contributed by atoms with Crippen LogP contribution in [0.5, 0.6) is 0 Å². The van der Waals surface area contributed by atoms with Gasteiger partial charge in [-0.3, -0.25) is 4.90 Å². The Morgan fingerprint density at radius 1 is 1.19 bits per heavy atom. The average molecular weight is 302 g/mol. The lowest BCUT2D eigenvalue weighted by molar-refractivity contribution is 0.276. The molecular weight excluding hydrogens is 280 g/mol. The van der Waals surface area contributed by atoms with Crippen LogP contribution in [-0.2, 0) is 19.4 Å². The van der Waals surface area contributed by atoms with E-state index in [1.54, 1.807) is 0 Å². The molecule has 1 aliphatic heterocycles. The lowest BCUT2D eigenvalue weighted by atomic mass is 10.0. The molecule has 0 radical (unpaired) electrons. The Morgan fingerprint density at radius 3 is 2.57 bits per heavy atom. The molecule has 0 atom stereocenters. The number of anilines is 1. The largest absolute Gasteiger partial charge is 0.374 e. The Bertz CT molecular complexity index is 554. The van der Waals surface area contributed by atoms with Crippen LogP contribution in [-0.4, -0.2) is 34.1 Å². The maximum Gasteiger partial charge on any atom is 0.134 e. The Labute approximate surface area is 130 Å². The number of nitrogens with one attached hydrogen (secondary N) is 1. The van der Waals surface area contributed by atoms with Gasteiger partial charge in [-0.1, -0.05) is 35.7 Å². The first-order valence-electron chi connectivity index (χ1n) is 7.71. The van der Waals surface area contributed by atoms with E-state index < -0.39 is 0 Å². The molecule has 112 valence electrons. The summed E-state index contributed by atoms with van der Waals surface area (Å²) in [5, 5.41) is 8.88. The third-order valence-corrected chi connectivity index (χ3v) is 4.70. The Morgan fingerprint density at radius 2 is 1.90 bits per heavy atom. The molecule has 1 aromatic heterocycles. The van der Waals surface area contributed by atoms with E-state index in [9.17, 15) is 0 Å². The van der Waals surface area contributed by atoms with E-state index in [1.807, 2.05) is 0 Å². The second-order valence-corrected chi connectivity index (χ2v) is 6.27. The Kier molecular flexibility index (Phi) is 4.83. The van der Waals surface area contributed by atoms with Gasteiger partial charge in [-0.15, -0.1) is 5.10 Å². The van der Waals surface area contributed by atoms with Crippen LogP contribution >= 0.6 is 11.5 Å². The number of aromatic nitrogens is 2. The van der Waals surface area contributed by atoms with Crippen molar-refractivity contribution in [3.8, 4) is 0 Å². The first-order valence-corrected chi connectivity index (χ1v) is 8.48. The monoisotopic (exact) mass is 302 g/mol. The Hall–Kier alpha value is -1.46. The average Bonchev–Trinajstić information content (AvgIpc) is 2.85. The molecule has 0 fully saturated rings. The van der Waals surface area contributed by atoms with E-state index in [2.05, 4.69) is 51.0 Å². The van der Waals surface area contributed by atoms with Crippen LogP contribution in [0.3, 0.4) is 0 Å². The van der Waals surface area contributed by atoms with Crippen LogP contribution in [0.25, 0.3) is 0 Å². The van der Waals surface area contributed by atoms with Crippen molar-refractivity contribution in [2.75, 3.05) is 25.0 Å². The minimum absolute atomic E-state index is 0.899. The minimum Gasteiger partial charge on any atom is -0.374 e. The molecule has 1 aliphatic rings. The van der Waals surface area contributed by atoms with Gasteiger partial charge in [0.05, 0.1) is 0 Å². The molecule has 0 amide bonds. The lowest BCUT2D eigenvalue weighted by Crippen LogP contribution is -2.26. The predicted octanol–water partition coefficient (Wildman–Crippen LogP) is 2.96. The summed E-state index contributed by atoms with van der Waals surface area (Å²) < 4.78 is 4.11. The minimum atomic E-state index is 0.899. The molecule has 0 saturated heterocycles. The second kappa shape index (κ2) is 7.00. The highest BCUT2D eigenvalue weighted by molar-refractivity contribution is 7.10. The van der Waals surface area contributed by atoms with Crippen molar-refractivity contribution in [2.24, 2.45) is 0 Å². The maximum absolute atomic E-state index is 4.31. The van der Waals surface area contributed by atoms with E-state index in [0.29, 0.717) is 0 Å². The van der Waals surface area contributed by atoms with Crippen LogP contribution in [0.2, 0.25) is 0 Å². The van der Waals surface area contributed by atoms with Gasteiger partial charge in [-0.25, -0.2) is 0 Å². The van der Waals surface area contributed by atoms with Gasteiger partial charge >= 0.3 is 0 Å². The summed E-state index contributed by atoms with van der Waals surface area (Å²) in [7, 11) is 0. The molecule has 0 unspecified atom stereocenters. The maximum atomic E-state index is 4.31. The van der Waals surface area contributed by atoms with Crippen molar-refractivity contribution in [1.29, 1.82) is 0 Å². The first kappa shape index (κ1) is 14.5. The second-order valence-electron chi connectivity index (χ2n) is 5.52. The van der Waals surface area contributed by atoms with E-state index in [-0.39, 0.29) is 0 Å². The summed E-state index contributed by atoms with van der Waals surface area (Å²) in [6.45, 7) is 6.26. The third-order valence-electron chi connectivity index (χ3n) is 3.98. The molecule has 1 aromatic carbocycles. The fraction of sp³-hybridized carbons (Fsp3) is 0.500. The standard InChI is InChI=1S/C16H22N4S/c1-2-9-17-16-15(18-19-21-16)12-20-10-7-13-5-3-4-6-14(13)8-11-20/h3-6,17H,2,7-12H2,1H3. The van der Waals surface area contributed by atoms with Crippen molar-refractivity contribution in [3.63, 3.8) is 0 Å². The normalized spacial score (nSPS) is 15.5. The van der Waals surface area contributed by atoms with Crippen molar-refractivity contribution < 1.29 is 0 Å². The molecule has 0 bridgehead atoms. The summed E-state index contributed by atoms with van der Waals surface area (Å²) in [5.41, 5.74) is 4.10. The number of hydrogen-bond donors (Lipinski definition) is 1. The highest BCUT2D eigenvalue weighted by Crippen LogP contribution is 2.21. The topological polar surface area (TPSA) is 41.1 Å². The molecule has 21 heavy (non-hydrogen) atoms. The summed E-state index contributed by atoms with van der Waals surface area (Å²) in [4.78, 5) is 2.49. The third kappa shape index (κ3) is 3.60. The van der Waals surface area contributed by atoms with Gasteiger partial charge in [0, 0.05) is 37.7 Å². The van der Waals surface area contributed by atoms with Crippen molar-refractivity contribution in [2.45, 2.75) is 32.7 Å². The van der Waals surface area contributed by atoms with Gasteiger partial charge in [0.1, 0.15) is 10.7 Å². The molecule has 0 saturated carbocycles. The van der Waals surface area contributed by atoms with E-state index in [4.69, 9.17) is 0 Å². The zero-order chi connectivity index (χ0) is 14.5. The fourth-order valence-corrected chi connectivity index (χ4v) is 3.37. The molecule has 0 aliphatic carbocycles. The smallest absolute Gasteiger partial charge is 0.134 e. The van der Waals surface area contributed by atoms with E-state index in [1.165, 1.54) is 22.7 Å². The van der Waals surface area contributed by atoms with E-state index in [0.717, 1.165) is 56.1 Å². The molecule has 0 spiro atoms. The van der Waals surface area contributed by atoms with Gasteiger partial charge in [0.25, 0.3) is 0 Å². The van der Waals surface area contributed by atoms with Crippen molar-refractivity contribution >= 4 is 16.5 Å². The fourth-order valence-electron chi connectivity index (χ4n) is 2.77. The number of hydrogen-bond acceptors (Lipinski definition) is 5. The molecule has 4 nitrogen and oxygen atoms in total. The summed E-state index contributed by atoms with van der Waals surface area (Å²) in [6.07, 6.45) is 3.38. The summed E-state index contributed by atoms with van der Waals surface area (Å²) in [5.74, 6) is 0. The quantitative estimate of drug-likeness (QED) is 0.922. The van der Waals surface area contributed by atoms with Crippen LogP contribution in [0.4, 0.5) is 5.00 Å². The molecule has 2 aromatic rings. The number of fused-ring (bicyclic) bond motifs is 1. The van der Waals surface area contributed by atoms with Gasteiger partial charge in [-0.2, -0.15) is 0 Å². The zero-order valence-corrected chi connectivity index (χ0v) is 13.3. The van der Waals surface area contributed by atoms with Crippen LogP contribution < -0.4 is 5.32 Å². The van der Waals surface area contributed by atoms with Gasteiger partial charge in [-0.05, 0) is 30.4 Å². The molecule has 3 rings (SSSR count). The Balaban J connectivity index is 1.63. The van der Waals surface area contributed by atoms with Gasteiger partial charge < -0.3 is 5.32 Å². The van der Waals surface area contributed by atoms with Crippen molar-refractivity contribution in [1.82, 2.24) is 14.5 Å². The number of benzene rings is 1. The summed E-state index contributed by atoms with van der Waals surface area (Å²) >= 11 is 1.47. The zero-order valence-electron chi connectivity index (χ0n) is 12.5. The van der Waals surface area contributed by atoms with E-state index >= 15 is 0 Å². The van der Waals surface area contributed by atoms with Gasteiger partial charge in [0.15, 0.2) is 0 Å². The molecule has 5 heteroatoms. The number of rotatable bonds is 5. The first-order chi connectivity index (χ1) is 10.4. The van der Waals surface area contributed by atoms with Crippen LogP contribution in [0, 0.1) is 0 Å². The van der Waals surface area contributed by atoms with Crippen LogP contribution in [0.1, 0.15) is 30.2 Å². The molecule has 2 heterocycles. The SMILES string of the molecule is CCCNc1snnc1CN1CCc2ccccc2CC1. The lowest BCUT2D eigenvalue weighted by Gasteiger charge is -2.18. The van der Waals surface area contributed by atoms with Crippen LogP contribution in [0.15, 0.2) is 24.3 Å². The predicted molar refractivity (Wildman–Crippen MR) is 87.8 cm³/mol. The number of nitrogens with zero attached hydrogens (tertiary/aromatic N) is 3. The molecule has 1 N–H and O–H groups in total. The van der Waals surface area contributed by atoms with Crippen molar-refractivity contribution in [3.05, 3.63) is 41.1 Å².